The lowest BCUT2D eigenvalue weighted by Crippen LogP contribution is -2.34. The van der Waals surface area contributed by atoms with Crippen LogP contribution in [-0.2, 0) is 27.8 Å². The van der Waals surface area contributed by atoms with Gasteiger partial charge in [0.05, 0.1) is 23.3 Å². The van der Waals surface area contributed by atoms with Crippen LogP contribution in [0.4, 0.5) is 0 Å². The van der Waals surface area contributed by atoms with E-state index >= 15 is 0 Å². The number of sulfonamides is 1. The van der Waals surface area contributed by atoms with Crippen molar-refractivity contribution in [3.8, 4) is 11.3 Å². The fraction of sp³-hybridized carbons (Fsp3) is 0.130. The van der Waals surface area contributed by atoms with E-state index in [-0.39, 0.29) is 10.8 Å². The number of nitrogens with zero attached hydrogens (tertiary/aromatic N) is 4. The summed E-state index contributed by atoms with van der Waals surface area (Å²) in [6.07, 6.45) is 3.76. The molecule has 4 aromatic rings. The molecule has 0 bridgehead atoms. The molecule has 1 amide bonds. The highest BCUT2D eigenvalue weighted by Gasteiger charge is 2.23. The van der Waals surface area contributed by atoms with E-state index in [4.69, 9.17) is 5.14 Å². The molecule has 0 unspecified atom stereocenters. The average molecular weight is 463 g/mol. The lowest BCUT2D eigenvalue weighted by atomic mass is 10.1. The van der Waals surface area contributed by atoms with Crippen LogP contribution in [0.1, 0.15) is 17.3 Å². The zero-order chi connectivity index (χ0) is 23.3. The van der Waals surface area contributed by atoms with Crippen LogP contribution in [0.25, 0.3) is 11.3 Å². The largest absolute Gasteiger partial charge is 0.349 e. The number of aromatic nitrogens is 4. The number of nitrogens with one attached hydrogen (secondary N) is 1. The summed E-state index contributed by atoms with van der Waals surface area (Å²) in [5.41, 5.74) is 2.89. The Bertz CT molecular complexity index is 1320. The van der Waals surface area contributed by atoms with Crippen LogP contribution in [0.15, 0.2) is 90.1 Å². The van der Waals surface area contributed by atoms with Crippen LogP contribution >= 0.6 is 0 Å². The van der Waals surface area contributed by atoms with E-state index in [1.165, 1.54) is 16.8 Å². The Labute approximate surface area is 191 Å². The van der Waals surface area contributed by atoms with Gasteiger partial charge in [0.25, 0.3) is 0 Å². The smallest absolute Gasteiger partial charge is 0.245 e. The third kappa shape index (κ3) is 5.68. The molecular formula is C23H22N6O3S. The molecule has 0 aliphatic heterocycles. The van der Waals surface area contributed by atoms with E-state index < -0.39 is 16.1 Å². The summed E-state index contributed by atoms with van der Waals surface area (Å²) < 4.78 is 24.5. The van der Waals surface area contributed by atoms with Gasteiger partial charge in [-0.25, -0.2) is 18.2 Å². The lowest BCUT2D eigenvalue weighted by Gasteiger charge is -2.17. The number of nitrogens with two attached hydrogens (primary N) is 1. The number of pyridine rings is 1. The van der Waals surface area contributed by atoms with Crippen molar-refractivity contribution in [2.45, 2.75) is 23.9 Å². The van der Waals surface area contributed by atoms with Crippen molar-refractivity contribution in [1.82, 2.24) is 25.3 Å². The summed E-state index contributed by atoms with van der Waals surface area (Å²) in [5, 5.41) is 16.4. The molecule has 168 valence electrons. The Balaban J connectivity index is 1.57. The van der Waals surface area contributed by atoms with Crippen LogP contribution in [-0.4, -0.2) is 34.3 Å². The van der Waals surface area contributed by atoms with E-state index in [9.17, 15) is 13.2 Å². The van der Waals surface area contributed by atoms with Crippen LogP contribution in [0, 0.1) is 0 Å². The summed E-state index contributed by atoms with van der Waals surface area (Å²) in [6, 6.07) is 20.5. The van der Waals surface area contributed by atoms with Gasteiger partial charge in [-0.2, -0.15) is 0 Å². The number of hydrogen-bond acceptors (Lipinski definition) is 6. The summed E-state index contributed by atoms with van der Waals surface area (Å²) >= 11 is 0. The molecule has 10 heteroatoms. The van der Waals surface area contributed by atoms with E-state index in [0.29, 0.717) is 24.2 Å². The first-order valence-electron chi connectivity index (χ1n) is 10.2. The Hall–Kier alpha value is -3.89. The number of rotatable bonds is 8. The zero-order valence-electron chi connectivity index (χ0n) is 17.6. The number of hydrogen-bond donors (Lipinski definition) is 2. The molecule has 1 atom stereocenters. The number of benzene rings is 2. The molecular weight excluding hydrogens is 440 g/mol. The van der Waals surface area contributed by atoms with E-state index in [1.54, 1.807) is 24.5 Å². The summed E-state index contributed by atoms with van der Waals surface area (Å²) in [4.78, 5) is 17.4. The van der Waals surface area contributed by atoms with Crippen molar-refractivity contribution < 1.29 is 13.2 Å². The highest BCUT2D eigenvalue weighted by molar-refractivity contribution is 7.89. The van der Waals surface area contributed by atoms with Crippen molar-refractivity contribution in [3.05, 3.63) is 96.4 Å². The normalized spacial score (nSPS) is 12.3. The van der Waals surface area contributed by atoms with Gasteiger partial charge in [0.1, 0.15) is 11.7 Å². The van der Waals surface area contributed by atoms with Gasteiger partial charge in [-0.05, 0) is 29.8 Å². The first-order valence-corrected chi connectivity index (χ1v) is 11.7. The Morgan fingerprint density at radius 3 is 2.39 bits per heavy atom. The first kappa shape index (κ1) is 22.3. The maximum atomic E-state index is 13.1. The molecule has 2 aromatic carbocycles. The monoisotopic (exact) mass is 462 g/mol. The lowest BCUT2D eigenvalue weighted by molar-refractivity contribution is -0.124. The van der Waals surface area contributed by atoms with Gasteiger partial charge < -0.3 is 5.32 Å². The Morgan fingerprint density at radius 2 is 1.73 bits per heavy atom. The van der Waals surface area contributed by atoms with Gasteiger partial charge in [-0.1, -0.05) is 53.7 Å². The van der Waals surface area contributed by atoms with Crippen molar-refractivity contribution in [3.63, 3.8) is 0 Å². The Kier molecular flexibility index (Phi) is 6.57. The number of carbonyl (C=O) groups excluding carboxylic acids is 1. The van der Waals surface area contributed by atoms with Crippen LogP contribution in [0.5, 0.6) is 0 Å². The zero-order valence-corrected chi connectivity index (χ0v) is 18.4. The third-order valence-electron chi connectivity index (χ3n) is 5.05. The second-order valence-electron chi connectivity index (χ2n) is 7.40. The quantitative estimate of drug-likeness (QED) is 0.412. The highest BCUT2D eigenvalue weighted by Crippen LogP contribution is 2.21. The van der Waals surface area contributed by atoms with Gasteiger partial charge in [0, 0.05) is 18.2 Å². The van der Waals surface area contributed by atoms with Crippen molar-refractivity contribution in [2.24, 2.45) is 5.14 Å². The van der Waals surface area contributed by atoms with Gasteiger partial charge in [-0.15, -0.1) is 5.10 Å². The number of amides is 1. The van der Waals surface area contributed by atoms with Crippen molar-refractivity contribution >= 4 is 15.9 Å². The predicted molar refractivity (Wildman–Crippen MR) is 122 cm³/mol. The molecule has 3 N–H and O–H groups in total. The molecule has 33 heavy (non-hydrogen) atoms. The molecule has 0 saturated carbocycles. The van der Waals surface area contributed by atoms with Crippen molar-refractivity contribution in [2.75, 3.05) is 0 Å². The first-order chi connectivity index (χ1) is 15.9. The standard InChI is InChI=1S/C23H22N6O3S/c24-33(31,32)20-11-9-18(10-12-20)21-16-29(28-27-21)22(14-17-6-2-1-3-7-17)23(30)26-15-19-8-4-5-13-25-19/h1-13,16,22H,14-15H2,(H,26,30)(H2,24,31,32)/t22-/m0/s1. The highest BCUT2D eigenvalue weighted by atomic mass is 32.2. The third-order valence-corrected chi connectivity index (χ3v) is 5.98. The second-order valence-corrected chi connectivity index (χ2v) is 8.96. The number of primary sulfonamides is 1. The maximum absolute atomic E-state index is 13.1. The van der Waals surface area contributed by atoms with Crippen molar-refractivity contribution in [1.29, 1.82) is 0 Å². The van der Waals surface area contributed by atoms with Gasteiger partial charge in [-0.3, -0.25) is 9.78 Å². The molecule has 0 saturated heterocycles. The van der Waals surface area contributed by atoms with Crippen LogP contribution in [0.2, 0.25) is 0 Å². The molecule has 2 heterocycles. The summed E-state index contributed by atoms with van der Waals surface area (Å²) in [5.74, 6) is -0.217. The molecule has 0 aliphatic rings. The number of carbonyl (C=O) groups is 1. The Morgan fingerprint density at radius 1 is 1.00 bits per heavy atom. The topological polar surface area (TPSA) is 133 Å². The van der Waals surface area contributed by atoms with E-state index in [0.717, 1.165) is 11.3 Å². The fourth-order valence-corrected chi connectivity index (χ4v) is 3.83. The van der Waals surface area contributed by atoms with E-state index in [2.05, 4.69) is 20.6 Å². The van der Waals surface area contributed by atoms with Gasteiger partial charge in [0.2, 0.25) is 15.9 Å². The molecule has 0 radical (unpaired) electrons. The molecule has 0 spiro atoms. The minimum absolute atomic E-state index is 0.00879. The molecule has 9 nitrogen and oxygen atoms in total. The maximum Gasteiger partial charge on any atom is 0.245 e. The van der Waals surface area contributed by atoms with Gasteiger partial charge >= 0.3 is 0 Å². The van der Waals surface area contributed by atoms with Gasteiger partial charge in [0.15, 0.2) is 0 Å². The predicted octanol–water partition coefficient (Wildman–Crippen LogP) is 2.09. The van der Waals surface area contributed by atoms with Crippen LogP contribution < -0.4 is 10.5 Å². The summed E-state index contributed by atoms with van der Waals surface area (Å²) in [6.45, 7) is 0.293. The molecule has 0 aliphatic carbocycles. The molecule has 4 rings (SSSR count). The summed E-state index contributed by atoms with van der Waals surface area (Å²) in [7, 11) is -3.78. The second kappa shape index (κ2) is 9.72. The molecule has 2 aromatic heterocycles. The van der Waals surface area contributed by atoms with Crippen LogP contribution in [0.3, 0.4) is 0 Å². The fourth-order valence-electron chi connectivity index (χ4n) is 3.32. The molecule has 0 fully saturated rings. The average Bonchev–Trinajstić information content (AvgIpc) is 3.32. The minimum Gasteiger partial charge on any atom is -0.349 e. The SMILES string of the molecule is NS(=O)(=O)c1ccc(-c2cn([C@@H](Cc3ccccc3)C(=O)NCc3ccccn3)nn2)cc1. The minimum atomic E-state index is -3.78. The van der Waals surface area contributed by atoms with E-state index in [1.807, 2.05) is 48.5 Å².